The summed E-state index contributed by atoms with van der Waals surface area (Å²) in [6.07, 6.45) is 0. The van der Waals surface area contributed by atoms with E-state index >= 15 is 0 Å². The van der Waals surface area contributed by atoms with Gasteiger partial charge in [0.15, 0.2) is 5.92 Å². The van der Waals surface area contributed by atoms with Crippen molar-refractivity contribution in [3.05, 3.63) is 165 Å². The Labute approximate surface area is 274 Å². The zero-order valence-electron chi connectivity index (χ0n) is 24.2. The van der Waals surface area contributed by atoms with Crippen molar-refractivity contribution in [1.29, 1.82) is 0 Å². The topological polar surface area (TPSA) is 68.4 Å². The minimum atomic E-state index is -1.33. The molecule has 1 aromatic heterocycles. The van der Waals surface area contributed by atoms with Crippen molar-refractivity contribution in [2.75, 3.05) is 0 Å². The summed E-state index contributed by atoms with van der Waals surface area (Å²) in [6.45, 7) is 0.0287. The molecule has 0 bridgehead atoms. The van der Waals surface area contributed by atoms with Crippen molar-refractivity contribution < 1.29 is 19.1 Å². The van der Waals surface area contributed by atoms with Crippen LogP contribution in [0.1, 0.15) is 28.2 Å². The number of carbonyl (C=O) groups is 2. The summed E-state index contributed by atoms with van der Waals surface area (Å²) >= 11 is 10.1. The molecule has 224 valence electrons. The van der Waals surface area contributed by atoms with E-state index in [0.717, 1.165) is 48.9 Å². The Kier molecular flexibility index (Phi) is 9.44. The molecule has 0 saturated heterocycles. The van der Waals surface area contributed by atoms with Gasteiger partial charge < -0.3 is 14.5 Å². The number of rotatable bonds is 10. The molecule has 0 fully saturated rings. The summed E-state index contributed by atoms with van der Waals surface area (Å²) in [4.78, 5) is 32.0. The molecule has 1 N–H and O–H groups in total. The molecule has 0 aliphatic carbocycles. The molecule has 6 rings (SSSR count). The van der Waals surface area contributed by atoms with Gasteiger partial charge in [-0.3, -0.25) is 9.59 Å². The smallest absolute Gasteiger partial charge is 0.321 e. The zero-order chi connectivity index (χ0) is 31.2. The summed E-state index contributed by atoms with van der Waals surface area (Å²) in [7, 11) is 0. The fourth-order valence-corrected chi connectivity index (χ4v) is 5.98. The van der Waals surface area contributed by atoms with Gasteiger partial charge in [0.25, 0.3) is 0 Å². The van der Waals surface area contributed by atoms with E-state index in [1.54, 1.807) is 0 Å². The van der Waals surface area contributed by atoms with E-state index in [1.807, 2.05) is 133 Å². The van der Waals surface area contributed by atoms with E-state index in [2.05, 4.69) is 20.9 Å². The Balaban J connectivity index is 1.52. The number of aromatic amines is 1. The molecular weight excluding hydrogens is 650 g/mol. The minimum Gasteiger partial charge on any atom is -0.460 e. The molecule has 5 aromatic carbocycles. The van der Waals surface area contributed by atoms with E-state index in [-0.39, 0.29) is 13.2 Å². The lowest BCUT2D eigenvalue weighted by Gasteiger charge is -2.26. The van der Waals surface area contributed by atoms with Gasteiger partial charge in [0, 0.05) is 26.3 Å². The minimum absolute atomic E-state index is 0.0143. The maximum Gasteiger partial charge on any atom is 0.321 e. The third kappa shape index (κ3) is 7.03. The highest BCUT2D eigenvalue weighted by molar-refractivity contribution is 9.10. The molecule has 45 heavy (non-hydrogen) atoms. The van der Waals surface area contributed by atoms with Gasteiger partial charge in [-0.2, -0.15) is 0 Å². The summed E-state index contributed by atoms with van der Waals surface area (Å²) in [5.41, 5.74) is 5.62. The van der Waals surface area contributed by atoms with E-state index in [9.17, 15) is 9.59 Å². The largest absolute Gasteiger partial charge is 0.460 e. The number of benzene rings is 5. The van der Waals surface area contributed by atoms with Crippen molar-refractivity contribution in [1.82, 2.24) is 4.98 Å². The molecular formula is C38H29BrClNO4. The number of nitrogens with one attached hydrogen (secondary N) is 1. The standard InChI is InChI=1S/C38H29BrClNO4/c39-29-18-16-27(17-19-29)33(34-31-22-30(40)20-21-32(31)41-36(34)28-14-8-3-9-15-28)35(37(42)44-23-25-10-4-1-5-11-25)38(43)45-24-26-12-6-2-7-13-26/h1-22,33,35,41H,23-24H2. The number of fused-ring (bicyclic) bond motifs is 1. The Bertz CT molecular complexity index is 1850. The predicted molar refractivity (Wildman–Crippen MR) is 181 cm³/mol. The maximum absolute atomic E-state index is 14.2. The lowest BCUT2D eigenvalue weighted by molar-refractivity contribution is -0.164. The predicted octanol–water partition coefficient (Wildman–Crippen LogP) is 9.49. The molecule has 7 heteroatoms. The number of aromatic nitrogens is 1. The fraction of sp³-hybridized carbons (Fsp3) is 0.105. The normalized spacial score (nSPS) is 11.8. The number of hydrogen-bond acceptors (Lipinski definition) is 4. The Morgan fingerprint density at radius 1 is 0.689 bits per heavy atom. The highest BCUT2D eigenvalue weighted by atomic mass is 79.9. The molecule has 1 unspecified atom stereocenters. The Hall–Kier alpha value is -4.65. The van der Waals surface area contributed by atoms with Gasteiger partial charge in [0.1, 0.15) is 13.2 Å². The van der Waals surface area contributed by atoms with Gasteiger partial charge in [-0.15, -0.1) is 0 Å². The quantitative estimate of drug-likeness (QED) is 0.116. The van der Waals surface area contributed by atoms with Gasteiger partial charge in [0.05, 0.1) is 5.69 Å². The van der Waals surface area contributed by atoms with Gasteiger partial charge in [-0.1, -0.05) is 131 Å². The first-order chi connectivity index (χ1) is 22.0. The van der Waals surface area contributed by atoms with Crippen LogP contribution in [0.15, 0.2) is 138 Å². The second kappa shape index (κ2) is 14.0. The van der Waals surface area contributed by atoms with E-state index in [4.69, 9.17) is 21.1 Å². The summed E-state index contributed by atoms with van der Waals surface area (Å²) in [5.74, 6) is -3.48. The monoisotopic (exact) mass is 677 g/mol. The van der Waals surface area contributed by atoms with Crippen LogP contribution < -0.4 is 0 Å². The van der Waals surface area contributed by atoms with Crippen LogP contribution in [-0.4, -0.2) is 16.9 Å². The zero-order valence-corrected chi connectivity index (χ0v) is 26.5. The number of esters is 2. The van der Waals surface area contributed by atoms with E-state index in [1.165, 1.54) is 0 Å². The molecule has 6 aromatic rings. The Morgan fingerprint density at radius 2 is 1.22 bits per heavy atom. The van der Waals surface area contributed by atoms with Gasteiger partial charge in [-0.05, 0) is 58.1 Å². The molecule has 5 nitrogen and oxygen atoms in total. The van der Waals surface area contributed by atoms with Crippen LogP contribution in [0.5, 0.6) is 0 Å². The summed E-state index contributed by atoms with van der Waals surface area (Å²) in [5, 5.41) is 1.33. The average Bonchev–Trinajstić information content (AvgIpc) is 3.45. The molecule has 1 atom stereocenters. The van der Waals surface area contributed by atoms with Crippen molar-refractivity contribution in [3.8, 4) is 11.3 Å². The third-order valence-electron chi connectivity index (χ3n) is 7.69. The van der Waals surface area contributed by atoms with Crippen LogP contribution >= 0.6 is 27.5 Å². The summed E-state index contributed by atoms with van der Waals surface area (Å²) < 4.78 is 12.6. The van der Waals surface area contributed by atoms with Crippen LogP contribution in [-0.2, 0) is 32.3 Å². The molecule has 0 aliphatic rings. The highest BCUT2D eigenvalue weighted by Gasteiger charge is 2.42. The van der Waals surface area contributed by atoms with Crippen LogP contribution in [0.4, 0.5) is 0 Å². The third-order valence-corrected chi connectivity index (χ3v) is 8.46. The molecule has 0 spiro atoms. The molecule has 0 radical (unpaired) electrons. The second-order valence-electron chi connectivity index (χ2n) is 10.7. The van der Waals surface area contributed by atoms with Crippen molar-refractivity contribution >= 4 is 50.4 Å². The fourth-order valence-electron chi connectivity index (χ4n) is 5.54. The summed E-state index contributed by atoms with van der Waals surface area (Å²) in [6, 6.07) is 41.8. The molecule has 1 heterocycles. The lowest BCUT2D eigenvalue weighted by Crippen LogP contribution is -2.34. The number of halogens is 2. The van der Waals surface area contributed by atoms with Crippen molar-refractivity contribution in [2.24, 2.45) is 5.92 Å². The maximum atomic E-state index is 14.2. The number of hydrogen-bond donors (Lipinski definition) is 1. The van der Waals surface area contributed by atoms with Crippen molar-refractivity contribution in [2.45, 2.75) is 19.1 Å². The Morgan fingerprint density at radius 3 is 1.78 bits per heavy atom. The van der Waals surface area contributed by atoms with E-state index in [0.29, 0.717) is 5.02 Å². The number of ether oxygens (including phenoxy) is 2. The second-order valence-corrected chi connectivity index (χ2v) is 12.0. The van der Waals surface area contributed by atoms with Gasteiger partial charge >= 0.3 is 11.9 Å². The van der Waals surface area contributed by atoms with Crippen LogP contribution in [0.3, 0.4) is 0 Å². The van der Waals surface area contributed by atoms with Crippen LogP contribution in [0, 0.1) is 5.92 Å². The molecule has 0 saturated carbocycles. The molecule has 0 amide bonds. The molecule has 0 aliphatic heterocycles. The van der Waals surface area contributed by atoms with Crippen LogP contribution in [0.2, 0.25) is 5.02 Å². The van der Waals surface area contributed by atoms with E-state index < -0.39 is 23.8 Å². The number of carbonyl (C=O) groups excluding carboxylic acids is 2. The van der Waals surface area contributed by atoms with Crippen molar-refractivity contribution in [3.63, 3.8) is 0 Å². The van der Waals surface area contributed by atoms with Gasteiger partial charge in [0.2, 0.25) is 0 Å². The first kappa shape index (κ1) is 30.4. The first-order valence-corrected chi connectivity index (χ1v) is 15.7. The number of H-pyrrole nitrogens is 1. The SMILES string of the molecule is O=C(OCc1ccccc1)C(C(=O)OCc1ccccc1)C(c1ccc(Br)cc1)c1c(-c2ccccc2)[nH]c2ccc(Cl)cc12. The lowest BCUT2D eigenvalue weighted by atomic mass is 9.78. The van der Waals surface area contributed by atoms with Gasteiger partial charge in [-0.25, -0.2) is 0 Å². The highest BCUT2D eigenvalue weighted by Crippen LogP contribution is 2.44. The average molecular weight is 679 g/mol. The van der Waals surface area contributed by atoms with Crippen LogP contribution in [0.25, 0.3) is 22.2 Å². The first-order valence-electron chi connectivity index (χ1n) is 14.5.